The van der Waals surface area contributed by atoms with Crippen molar-refractivity contribution < 1.29 is 0 Å². The number of hydrogen-bond acceptors (Lipinski definition) is 2. The molecule has 1 aromatic carbocycles. The quantitative estimate of drug-likeness (QED) is 0.655. The van der Waals surface area contributed by atoms with Crippen molar-refractivity contribution in [2.75, 3.05) is 13.6 Å². The van der Waals surface area contributed by atoms with Crippen LogP contribution in [0.2, 0.25) is 0 Å². The molecule has 0 radical (unpaired) electrons. The summed E-state index contributed by atoms with van der Waals surface area (Å²) in [6.45, 7) is 5.86. The Morgan fingerprint density at radius 3 is 2.73 bits per heavy atom. The lowest BCUT2D eigenvalue weighted by atomic mass is 10.1. The number of aromatic nitrogens is 2. The van der Waals surface area contributed by atoms with Crippen LogP contribution in [0.1, 0.15) is 22.3 Å². The molecule has 5 nitrogen and oxygen atoms in total. The molecule has 0 aliphatic carbocycles. The first-order chi connectivity index (χ1) is 10.6. The van der Waals surface area contributed by atoms with Crippen molar-refractivity contribution in [3.05, 3.63) is 52.8 Å². The Morgan fingerprint density at radius 1 is 1.27 bits per heavy atom. The number of hydrogen-bond donors (Lipinski definition) is 2. The van der Waals surface area contributed by atoms with Crippen molar-refractivity contribution >= 4 is 5.96 Å². The highest BCUT2D eigenvalue weighted by Gasteiger charge is 2.02. The molecule has 0 fully saturated rings. The molecule has 0 aliphatic rings. The highest BCUT2D eigenvalue weighted by Crippen LogP contribution is 2.09. The second-order valence-corrected chi connectivity index (χ2v) is 5.55. The predicted molar refractivity (Wildman–Crippen MR) is 91.0 cm³/mol. The summed E-state index contributed by atoms with van der Waals surface area (Å²) < 4.78 is 1.82. The van der Waals surface area contributed by atoms with E-state index in [1.54, 1.807) is 7.05 Å². The van der Waals surface area contributed by atoms with Gasteiger partial charge in [-0.15, -0.1) is 0 Å². The number of aryl methyl sites for hydroxylation is 3. The molecule has 0 saturated heterocycles. The standard InChI is InChI=1S/C17H25N5/c1-13-5-6-16(14(2)9-13)11-20-17(18-3)19-8-7-15-10-21-22(4)12-15/h5-6,9-10,12H,7-8,11H2,1-4H3,(H2,18,19,20). The smallest absolute Gasteiger partial charge is 0.191 e. The van der Waals surface area contributed by atoms with Gasteiger partial charge >= 0.3 is 0 Å². The van der Waals surface area contributed by atoms with E-state index in [2.05, 4.69) is 52.8 Å². The lowest BCUT2D eigenvalue weighted by molar-refractivity contribution is 0.764. The molecular formula is C17H25N5. The van der Waals surface area contributed by atoms with Gasteiger partial charge in [-0.2, -0.15) is 5.10 Å². The van der Waals surface area contributed by atoms with Crippen LogP contribution < -0.4 is 10.6 Å². The Morgan fingerprint density at radius 2 is 2.09 bits per heavy atom. The normalized spacial score (nSPS) is 11.5. The number of nitrogens with one attached hydrogen (secondary N) is 2. The Kier molecular flexibility index (Phi) is 5.58. The van der Waals surface area contributed by atoms with Crippen LogP contribution in [0.15, 0.2) is 35.6 Å². The van der Waals surface area contributed by atoms with Gasteiger partial charge in [-0.05, 0) is 37.0 Å². The second-order valence-electron chi connectivity index (χ2n) is 5.55. The van der Waals surface area contributed by atoms with Gasteiger partial charge in [0.15, 0.2) is 5.96 Å². The van der Waals surface area contributed by atoms with Crippen LogP contribution in [0.4, 0.5) is 0 Å². The first-order valence-electron chi connectivity index (χ1n) is 7.56. The fourth-order valence-electron chi connectivity index (χ4n) is 2.37. The average molecular weight is 299 g/mol. The van der Waals surface area contributed by atoms with E-state index in [1.807, 2.05) is 24.1 Å². The van der Waals surface area contributed by atoms with E-state index in [0.29, 0.717) is 0 Å². The molecule has 118 valence electrons. The maximum absolute atomic E-state index is 4.26. The molecule has 0 unspecified atom stereocenters. The van der Waals surface area contributed by atoms with Gasteiger partial charge in [0, 0.05) is 33.4 Å². The average Bonchev–Trinajstić information content (AvgIpc) is 2.89. The van der Waals surface area contributed by atoms with Crippen LogP contribution in [-0.4, -0.2) is 29.3 Å². The predicted octanol–water partition coefficient (Wildman–Crippen LogP) is 1.94. The third-order valence-corrected chi connectivity index (χ3v) is 3.63. The van der Waals surface area contributed by atoms with Crippen molar-refractivity contribution in [1.29, 1.82) is 0 Å². The number of nitrogens with zero attached hydrogens (tertiary/aromatic N) is 3. The minimum atomic E-state index is 0.776. The summed E-state index contributed by atoms with van der Waals surface area (Å²) in [6.07, 6.45) is 4.86. The van der Waals surface area contributed by atoms with Gasteiger partial charge in [0.1, 0.15) is 0 Å². The molecule has 2 N–H and O–H groups in total. The molecule has 0 bridgehead atoms. The van der Waals surface area contributed by atoms with Gasteiger partial charge in [0.2, 0.25) is 0 Å². The summed E-state index contributed by atoms with van der Waals surface area (Å²) in [5.41, 5.74) is 5.11. The maximum Gasteiger partial charge on any atom is 0.191 e. The summed E-state index contributed by atoms with van der Waals surface area (Å²) in [5.74, 6) is 0.823. The summed E-state index contributed by atoms with van der Waals surface area (Å²) >= 11 is 0. The van der Waals surface area contributed by atoms with Crippen LogP contribution in [0.3, 0.4) is 0 Å². The van der Waals surface area contributed by atoms with Gasteiger partial charge in [-0.3, -0.25) is 9.67 Å². The summed E-state index contributed by atoms with van der Waals surface area (Å²) in [4.78, 5) is 4.26. The first-order valence-corrected chi connectivity index (χ1v) is 7.56. The van der Waals surface area contributed by atoms with E-state index in [0.717, 1.165) is 25.5 Å². The van der Waals surface area contributed by atoms with Gasteiger partial charge in [0.05, 0.1) is 6.20 Å². The van der Waals surface area contributed by atoms with Crippen LogP contribution in [0.5, 0.6) is 0 Å². The van der Waals surface area contributed by atoms with Gasteiger partial charge in [-0.1, -0.05) is 23.8 Å². The van der Waals surface area contributed by atoms with Crippen molar-refractivity contribution in [1.82, 2.24) is 20.4 Å². The Balaban J connectivity index is 1.80. The Hall–Kier alpha value is -2.30. The molecule has 2 aromatic rings. The van der Waals surface area contributed by atoms with Crippen LogP contribution in [0, 0.1) is 13.8 Å². The third-order valence-electron chi connectivity index (χ3n) is 3.63. The fraction of sp³-hybridized carbons (Fsp3) is 0.412. The minimum Gasteiger partial charge on any atom is -0.356 e. The van der Waals surface area contributed by atoms with Crippen molar-refractivity contribution in [3.8, 4) is 0 Å². The maximum atomic E-state index is 4.26. The topological polar surface area (TPSA) is 54.2 Å². The van der Waals surface area contributed by atoms with Gasteiger partial charge in [0.25, 0.3) is 0 Å². The molecule has 1 aromatic heterocycles. The van der Waals surface area contributed by atoms with Crippen molar-refractivity contribution in [2.24, 2.45) is 12.0 Å². The molecule has 0 amide bonds. The molecule has 2 rings (SSSR count). The monoisotopic (exact) mass is 299 g/mol. The van der Waals surface area contributed by atoms with Crippen LogP contribution in [0.25, 0.3) is 0 Å². The fourth-order valence-corrected chi connectivity index (χ4v) is 2.37. The van der Waals surface area contributed by atoms with E-state index in [9.17, 15) is 0 Å². The zero-order chi connectivity index (χ0) is 15.9. The van der Waals surface area contributed by atoms with Gasteiger partial charge < -0.3 is 10.6 Å². The molecule has 0 saturated carbocycles. The molecule has 0 spiro atoms. The SMILES string of the molecule is CN=C(NCCc1cnn(C)c1)NCc1ccc(C)cc1C. The van der Waals surface area contributed by atoms with Gasteiger partial charge in [-0.25, -0.2) is 0 Å². The highest BCUT2D eigenvalue weighted by atomic mass is 15.2. The lowest BCUT2D eigenvalue weighted by Crippen LogP contribution is -2.38. The summed E-state index contributed by atoms with van der Waals surface area (Å²) in [5, 5.41) is 10.9. The largest absolute Gasteiger partial charge is 0.356 e. The third kappa shape index (κ3) is 4.62. The molecule has 22 heavy (non-hydrogen) atoms. The first kappa shape index (κ1) is 16.1. The van der Waals surface area contributed by atoms with Crippen LogP contribution in [-0.2, 0) is 20.0 Å². The molecule has 1 heterocycles. The van der Waals surface area contributed by atoms with E-state index in [1.165, 1.54) is 22.3 Å². The van der Waals surface area contributed by atoms with E-state index in [-0.39, 0.29) is 0 Å². The van der Waals surface area contributed by atoms with E-state index < -0.39 is 0 Å². The molecular weight excluding hydrogens is 274 g/mol. The zero-order valence-corrected chi connectivity index (χ0v) is 13.8. The number of guanidine groups is 1. The summed E-state index contributed by atoms with van der Waals surface area (Å²) in [7, 11) is 3.72. The van der Waals surface area contributed by atoms with E-state index >= 15 is 0 Å². The highest BCUT2D eigenvalue weighted by molar-refractivity contribution is 5.79. The molecule has 0 atom stereocenters. The van der Waals surface area contributed by atoms with Crippen molar-refractivity contribution in [3.63, 3.8) is 0 Å². The Labute approximate surface area is 132 Å². The van der Waals surface area contributed by atoms with E-state index in [4.69, 9.17) is 0 Å². The van der Waals surface area contributed by atoms with Crippen molar-refractivity contribution in [2.45, 2.75) is 26.8 Å². The Bertz CT molecular complexity index is 642. The van der Waals surface area contributed by atoms with Crippen LogP contribution >= 0.6 is 0 Å². The second kappa shape index (κ2) is 7.64. The number of aliphatic imine (C=N–C) groups is 1. The zero-order valence-electron chi connectivity index (χ0n) is 13.8. The molecule has 0 aliphatic heterocycles. The summed E-state index contributed by atoms with van der Waals surface area (Å²) in [6, 6.07) is 6.51. The molecule has 5 heteroatoms. The lowest BCUT2D eigenvalue weighted by Gasteiger charge is -2.13. The minimum absolute atomic E-state index is 0.776. The number of benzene rings is 1. The number of rotatable bonds is 5.